The van der Waals surface area contributed by atoms with Crippen LogP contribution in [0.25, 0.3) is 11.1 Å². The molecule has 2 aromatic carbocycles. The van der Waals surface area contributed by atoms with E-state index < -0.39 is 18.1 Å². The Morgan fingerprint density at radius 1 is 1.08 bits per heavy atom. The molecule has 1 amide bonds. The summed E-state index contributed by atoms with van der Waals surface area (Å²) in [4.78, 5) is 23.7. The van der Waals surface area contributed by atoms with E-state index >= 15 is 0 Å². The zero-order valence-electron chi connectivity index (χ0n) is 14.6. The van der Waals surface area contributed by atoms with Crippen LogP contribution < -0.4 is 5.32 Å². The van der Waals surface area contributed by atoms with E-state index in [9.17, 15) is 9.59 Å². The smallest absolute Gasteiger partial charge is 0.407 e. The lowest BCUT2D eigenvalue weighted by Gasteiger charge is -2.16. The number of rotatable bonds is 6. The molecule has 134 valence electrons. The van der Waals surface area contributed by atoms with Crippen LogP contribution >= 0.6 is 0 Å². The van der Waals surface area contributed by atoms with E-state index in [-0.39, 0.29) is 19.1 Å². The number of hydrogen-bond acceptors (Lipinski definition) is 4. The average Bonchev–Trinajstić information content (AvgIpc) is 2.98. The Morgan fingerprint density at radius 2 is 1.65 bits per heavy atom. The summed E-state index contributed by atoms with van der Waals surface area (Å²) in [5.41, 5.74) is 4.61. The van der Waals surface area contributed by atoms with Gasteiger partial charge in [0, 0.05) is 5.92 Å². The van der Waals surface area contributed by atoms with Crippen LogP contribution in [-0.4, -0.2) is 31.3 Å². The Bertz CT molecular complexity index is 785. The molecule has 0 spiro atoms. The Hall–Kier alpha value is -3.08. The first-order chi connectivity index (χ1) is 12.6. The summed E-state index contributed by atoms with van der Waals surface area (Å²) in [5, 5.41) is 2.49. The van der Waals surface area contributed by atoms with Crippen LogP contribution in [0, 0.1) is 0 Å². The highest BCUT2D eigenvalue weighted by Crippen LogP contribution is 2.44. The fourth-order valence-corrected chi connectivity index (χ4v) is 3.14. The molecule has 0 saturated heterocycles. The Labute approximate surface area is 152 Å². The molecule has 1 atom stereocenters. The lowest BCUT2D eigenvalue weighted by Crippen LogP contribution is -2.40. The van der Waals surface area contributed by atoms with Gasteiger partial charge in [-0.15, -0.1) is 0 Å². The van der Waals surface area contributed by atoms with Crippen LogP contribution in [0.2, 0.25) is 0 Å². The van der Waals surface area contributed by atoms with Gasteiger partial charge in [0.15, 0.2) is 0 Å². The molecular weight excluding hydrogens is 330 g/mol. The number of ether oxygens (including phenoxy) is 2. The van der Waals surface area contributed by atoms with Crippen LogP contribution in [0.3, 0.4) is 0 Å². The van der Waals surface area contributed by atoms with E-state index in [0.717, 1.165) is 11.1 Å². The molecule has 5 nitrogen and oxygen atoms in total. The van der Waals surface area contributed by atoms with Crippen molar-refractivity contribution in [2.24, 2.45) is 0 Å². The molecule has 1 aliphatic rings. The molecule has 3 rings (SSSR count). The number of carbonyl (C=O) groups excluding carboxylic acids is 2. The van der Waals surface area contributed by atoms with Crippen LogP contribution in [0.4, 0.5) is 4.79 Å². The van der Waals surface area contributed by atoms with Gasteiger partial charge in [0.25, 0.3) is 0 Å². The molecule has 0 heterocycles. The fraction of sp³-hybridized carbons (Fsp3) is 0.238. The Balaban J connectivity index is 1.64. The van der Waals surface area contributed by atoms with Crippen LogP contribution in [0.1, 0.15) is 24.0 Å². The van der Waals surface area contributed by atoms with Crippen molar-refractivity contribution >= 4 is 12.1 Å². The summed E-state index contributed by atoms with van der Waals surface area (Å²) < 4.78 is 10.3. The van der Waals surface area contributed by atoms with Crippen molar-refractivity contribution in [2.75, 3.05) is 13.2 Å². The molecule has 0 bridgehead atoms. The predicted molar refractivity (Wildman–Crippen MR) is 98.8 cm³/mol. The summed E-state index contributed by atoms with van der Waals surface area (Å²) >= 11 is 0. The second-order valence-corrected chi connectivity index (χ2v) is 6.11. The zero-order valence-corrected chi connectivity index (χ0v) is 14.6. The van der Waals surface area contributed by atoms with E-state index in [4.69, 9.17) is 9.47 Å². The van der Waals surface area contributed by atoms with Gasteiger partial charge in [-0.05, 0) is 29.2 Å². The number of esters is 1. The average molecular weight is 351 g/mol. The van der Waals surface area contributed by atoms with Crippen molar-refractivity contribution in [3.63, 3.8) is 0 Å². The van der Waals surface area contributed by atoms with Gasteiger partial charge in [-0.2, -0.15) is 0 Å². The third-order valence-corrected chi connectivity index (χ3v) is 4.38. The van der Waals surface area contributed by atoms with Crippen molar-refractivity contribution in [1.82, 2.24) is 5.32 Å². The third-order valence-electron chi connectivity index (χ3n) is 4.38. The van der Waals surface area contributed by atoms with Gasteiger partial charge in [0.05, 0.1) is 0 Å². The number of fused-ring (bicyclic) bond motifs is 3. The van der Waals surface area contributed by atoms with Gasteiger partial charge in [0.1, 0.15) is 19.3 Å². The van der Waals surface area contributed by atoms with Gasteiger partial charge in [-0.3, -0.25) is 0 Å². The van der Waals surface area contributed by atoms with Gasteiger partial charge in [0.2, 0.25) is 0 Å². The molecule has 26 heavy (non-hydrogen) atoms. The summed E-state index contributed by atoms with van der Waals surface area (Å²) in [6.45, 7) is 5.33. The highest BCUT2D eigenvalue weighted by atomic mass is 16.6. The predicted octanol–water partition coefficient (Wildman–Crippen LogP) is 3.64. The van der Waals surface area contributed by atoms with E-state index in [0.29, 0.717) is 0 Å². The monoisotopic (exact) mass is 351 g/mol. The third kappa shape index (κ3) is 3.61. The molecule has 1 N–H and O–H groups in total. The first-order valence-electron chi connectivity index (χ1n) is 8.51. The molecule has 5 heteroatoms. The highest BCUT2D eigenvalue weighted by molar-refractivity contribution is 5.81. The minimum atomic E-state index is -0.786. The highest BCUT2D eigenvalue weighted by Gasteiger charge is 2.29. The second kappa shape index (κ2) is 7.87. The molecule has 2 aromatic rings. The molecule has 0 aromatic heterocycles. The summed E-state index contributed by atoms with van der Waals surface area (Å²) in [6.07, 6.45) is 0.827. The van der Waals surface area contributed by atoms with E-state index in [2.05, 4.69) is 36.2 Å². The first kappa shape index (κ1) is 17.7. The quantitative estimate of drug-likeness (QED) is 0.637. The maximum absolute atomic E-state index is 12.1. The normalized spacial score (nSPS) is 13.3. The number of nitrogens with one attached hydrogen (secondary N) is 1. The van der Waals surface area contributed by atoms with Crippen LogP contribution in [-0.2, 0) is 14.3 Å². The molecule has 1 aliphatic carbocycles. The first-order valence-corrected chi connectivity index (χ1v) is 8.51. The molecule has 0 saturated carbocycles. The van der Waals surface area contributed by atoms with E-state index in [1.807, 2.05) is 24.3 Å². The maximum Gasteiger partial charge on any atom is 0.407 e. The summed E-state index contributed by atoms with van der Waals surface area (Å²) in [5.74, 6) is -0.547. The van der Waals surface area contributed by atoms with Gasteiger partial charge >= 0.3 is 12.1 Å². The van der Waals surface area contributed by atoms with Crippen molar-refractivity contribution in [3.05, 3.63) is 72.3 Å². The second-order valence-electron chi connectivity index (χ2n) is 6.11. The maximum atomic E-state index is 12.1. The molecule has 0 aliphatic heterocycles. The standard InChI is InChI=1S/C21H21NO4/c1-3-12-25-20(23)14(2)22-21(24)26-13-19-17-10-6-4-8-15(17)16-9-5-7-11-18(16)19/h3-11,14,19H,1,12-13H2,2H3,(H,22,24)/t14-/m0/s1. The molecule has 0 fully saturated rings. The lowest BCUT2D eigenvalue weighted by molar-refractivity contribution is -0.144. The molecule has 0 radical (unpaired) electrons. The number of benzene rings is 2. The van der Waals surface area contributed by atoms with Crippen LogP contribution in [0.15, 0.2) is 61.2 Å². The number of hydrogen-bond donors (Lipinski definition) is 1. The largest absolute Gasteiger partial charge is 0.460 e. The van der Waals surface area contributed by atoms with E-state index in [1.165, 1.54) is 17.2 Å². The fourth-order valence-electron chi connectivity index (χ4n) is 3.14. The summed E-state index contributed by atoms with van der Waals surface area (Å²) in [7, 11) is 0. The number of alkyl carbamates (subject to hydrolysis) is 1. The van der Waals surface area contributed by atoms with Crippen LogP contribution in [0.5, 0.6) is 0 Å². The Kier molecular flexibility index (Phi) is 5.37. The van der Waals surface area contributed by atoms with Gasteiger partial charge in [-0.1, -0.05) is 61.2 Å². The van der Waals surface area contributed by atoms with Crippen molar-refractivity contribution in [2.45, 2.75) is 18.9 Å². The summed E-state index contributed by atoms with van der Waals surface area (Å²) in [6, 6.07) is 15.4. The number of carbonyl (C=O) groups is 2. The van der Waals surface area contributed by atoms with Gasteiger partial charge < -0.3 is 14.8 Å². The van der Waals surface area contributed by atoms with Crippen molar-refractivity contribution < 1.29 is 19.1 Å². The molecule has 0 unspecified atom stereocenters. The lowest BCUT2D eigenvalue weighted by atomic mass is 9.98. The van der Waals surface area contributed by atoms with Crippen molar-refractivity contribution in [3.8, 4) is 11.1 Å². The van der Waals surface area contributed by atoms with E-state index in [1.54, 1.807) is 6.92 Å². The number of amides is 1. The minimum Gasteiger partial charge on any atom is -0.460 e. The van der Waals surface area contributed by atoms with Gasteiger partial charge in [-0.25, -0.2) is 9.59 Å². The Morgan fingerprint density at radius 3 is 2.23 bits per heavy atom. The topological polar surface area (TPSA) is 64.6 Å². The minimum absolute atomic E-state index is 0.0174. The zero-order chi connectivity index (χ0) is 18.5. The molecular formula is C21H21NO4. The SMILES string of the molecule is C=CCOC(=O)[C@H](C)NC(=O)OCC1c2ccccc2-c2ccccc21. The van der Waals surface area contributed by atoms with Crippen molar-refractivity contribution in [1.29, 1.82) is 0 Å².